The molecule has 0 radical (unpaired) electrons. The zero-order chi connectivity index (χ0) is 12.4. The molecule has 2 N–H and O–H groups in total. The van der Waals surface area contributed by atoms with E-state index in [1.165, 1.54) is 0 Å². The van der Waals surface area contributed by atoms with Crippen LogP contribution in [0.2, 0.25) is 0 Å². The molecule has 1 unspecified atom stereocenters. The molecule has 94 valence electrons. The molecular weight excluding hydrogens is 289 g/mol. The number of nitrogens with two attached hydrogens (primary N) is 1. The van der Waals surface area contributed by atoms with Gasteiger partial charge < -0.3 is 15.2 Å². The van der Waals surface area contributed by atoms with Gasteiger partial charge in [0.25, 0.3) is 0 Å². The van der Waals surface area contributed by atoms with Crippen LogP contribution in [-0.2, 0) is 0 Å². The minimum absolute atomic E-state index is 0.00736. The Kier molecular flexibility index (Phi) is 3.89. The van der Waals surface area contributed by atoms with E-state index in [2.05, 4.69) is 15.9 Å². The number of ether oxygens (including phenoxy) is 2. The van der Waals surface area contributed by atoms with Gasteiger partial charge in [-0.1, -0.05) is 6.92 Å². The van der Waals surface area contributed by atoms with Crippen molar-refractivity contribution in [1.29, 1.82) is 0 Å². The fourth-order valence-corrected chi connectivity index (χ4v) is 2.41. The Balaban J connectivity index is 2.50. The van der Waals surface area contributed by atoms with Gasteiger partial charge in [-0.3, -0.25) is 0 Å². The van der Waals surface area contributed by atoms with Crippen LogP contribution in [-0.4, -0.2) is 19.8 Å². The van der Waals surface area contributed by atoms with Gasteiger partial charge in [0.15, 0.2) is 11.5 Å². The van der Waals surface area contributed by atoms with Gasteiger partial charge in [-0.05, 0) is 34.8 Å². The molecule has 0 aromatic heterocycles. The smallest absolute Gasteiger partial charge is 0.167 e. The van der Waals surface area contributed by atoms with Gasteiger partial charge in [0.2, 0.25) is 0 Å². The second kappa shape index (κ2) is 5.23. The molecule has 5 heteroatoms. The molecule has 1 aliphatic rings. The van der Waals surface area contributed by atoms with Crippen molar-refractivity contribution >= 4 is 15.9 Å². The lowest BCUT2D eigenvalue weighted by Gasteiger charge is -2.24. The Hall–Kier alpha value is -0.810. The highest BCUT2D eigenvalue weighted by Gasteiger charge is 2.25. The summed E-state index contributed by atoms with van der Waals surface area (Å²) < 4.78 is 25.5. The number of halogens is 2. The van der Waals surface area contributed by atoms with E-state index in [0.29, 0.717) is 47.7 Å². The third kappa shape index (κ3) is 2.40. The van der Waals surface area contributed by atoms with Crippen molar-refractivity contribution in [2.45, 2.75) is 19.3 Å². The largest absolute Gasteiger partial charge is 0.486 e. The Morgan fingerprint density at radius 2 is 2.18 bits per heavy atom. The van der Waals surface area contributed by atoms with Gasteiger partial charge in [-0.25, -0.2) is 4.39 Å². The maximum absolute atomic E-state index is 14.1. The molecule has 2 rings (SSSR count). The zero-order valence-electron chi connectivity index (χ0n) is 9.63. The lowest BCUT2D eigenvalue weighted by atomic mass is 9.95. The van der Waals surface area contributed by atoms with E-state index in [1.807, 2.05) is 6.92 Å². The molecule has 0 aliphatic carbocycles. The highest BCUT2D eigenvalue weighted by Crippen LogP contribution is 2.43. The summed E-state index contributed by atoms with van der Waals surface area (Å²) in [7, 11) is 0. The summed E-state index contributed by atoms with van der Waals surface area (Å²) in [5, 5.41) is 0. The quantitative estimate of drug-likeness (QED) is 0.934. The number of benzene rings is 1. The molecule has 1 aromatic rings. The molecular formula is C12H15BrFNO2. The average Bonchev–Trinajstić information content (AvgIpc) is 2.31. The van der Waals surface area contributed by atoms with Crippen molar-refractivity contribution in [2.75, 3.05) is 19.8 Å². The van der Waals surface area contributed by atoms with Crippen LogP contribution in [0.15, 0.2) is 10.5 Å². The summed E-state index contributed by atoms with van der Waals surface area (Å²) in [5.74, 6) is 0.851. The molecule has 0 spiro atoms. The van der Waals surface area contributed by atoms with E-state index >= 15 is 0 Å². The maximum atomic E-state index is 14.1. The van der Waals surface area contributed by atoms with Crippen LogP contribution in [0, 0.1) is 5.82 Å². The SMILES string of the molecule is CC(CCN)c1c(F)c(Br)cc2c1OCCO2. The van der Waals surface area contributed by atoms with Crippen molar-refractivity contribution in [3.63, 3.8) is 0 Å². The van der Waals surface area contributed by atoms with Crippen LogP contribution in [0.1, 0.15) is 24.8 Å². The highest BCUT2D eigenvalue weighted by molar-refractivity contribution is 9.10. The molecule has 3 nitrogen and oxygen atoms in total. The minimum atomic E-state index is -0.282. The first-order valence-corrected chi connectivity index (χ1v) is 6.42. The Morgan fingerprint density at radius 3 is 2.88 bits per heavy atom. The van der Waals surface area contributed by atoms with Gasteiger partial charge in [-0.15, -0.1) is 0 Å². The van der Waals surface area contributed by atoms with E-state index < -0.39 is 0 Å². The van der Waals surface area contributed by atoms with E-state index in [1.54, 1.807) is 6.07 Å². The first kappa shape index (κ1) is 12.6. The average molecular weight is 304 g/mol. The molecule has 1 atom stereocenters. The summed E-state index contributed by atoms with van der Waals surface area (Å²) in [4.78, 5) is 0. The normalized spacial score (nSPS) is 15.8. The third-order valence-corrected chi connectivity index (χ3v) is 3.43. The maximum Gasteiger partial charge on any atom is 0.167 e. The molecule has 1 heterocycles. The second-order valence-electron chi connectivity index (χ2n) is 4.09. The monoisotopic (exact) mass is 303 g/mol. The van der Waals surface area contributed by atoms with Crippen LogP contribution >= 0.6 is 15.9 Å². The Bertz CT molecular complexity index is 425. The van der Waals surface area contributed by atoms with Gasteiger partial charge in [0, 0.05) is 11.6 Å². The van der Waals surface area contributed by atoms with E-state index in [9.17, 15) is 4.39 Å². The molecule has 1 aromatic carbocycles. The summed E-state index contributed by atoms with van der Waals surface area (Å²) in [5.41, 5.74) is 6.08. The molecule has 0 bridgehead atoms. The van der Waals surface area contributed by atoms with Gasteiger partial charge >= 0.3 is 0 Å². The van der Waals surface area contributed by atoms with Crippen LogP contribution < -0.4 is 15.2 Å². The summed E-state index contributed by atoms with van der Waals surface area (Å²) >= 11 is 3.20. The highest BCUT2D eigenvalue weighted by atomic mass is 79.9. The summed E-state index contributed by atoms with van der Waals surface area (Å²) in [6.45, 7) is 3.41. The van der Waals surface area contributed by atoms with Crippen LogP contribution in [0.5, 0.6) is 11.5 Å². The predicted octanol–water partition coefficient (Wildman–Crippen LogP) is 2.81. The lowest BCUT2D eigenvalue weighted by molar-refractivity contribution is 0.167. The fraction of sp³-hybridized carbons (Fsp3) is 0.500. The van der Waals surface area contributed by atoms with Crippen molar-refractivity contribution < 1.29 is 13.9 Å². The number of hydrogen-bond donors (Lipinski definition) is 1. The van der Waals surface area contributed by atoms with E-state index in [4.69, 9.17) is 15.2 Å². The molecule has 0 saturated carbocycles. The lowest BCUT2D eigenvalue weighted by Crippen LogP contribution is -2.18. The van der Waals surface area contributed by atoms with Crippen LogP contribution in [0.4, 0.5) is 4.39 Å². The van der Waals surface area contributed by atoms with Crippen molar-refractivity contribution in [1.82, 2.24) is 0 Å². The number of hydrogen-bond acceptors (Lipinski definition) is 3. The number of rotatable bonds is 3. The first-order chi connectivity index (χ1) is 8.15. The second-order valence-corrected chi connectivity index (χ2v) is 4.94. The van der Waals surface area contributed by atoms with Crippen molar-refractivity contribution in [3.8, 4) is 11.5 Å². The molecule has 0 fully saturated rings. The fourth-order valence-electron chi connectivity index (χ4n) is 1.99. The van der Waals surface area contributed by atoms with E-state index in [0.717, 1.165) is 0 Å². The standard InChI is InChI=1S/C12H15BrFNO2/c1-7(2-3-15)10-11(14)8(13)6-9-12(10)17-5-4-16-9/h6-7H,2-5,15H2,1H3. The van der Waals surface area contributed by atoms with Crippen LogP contribution in [0.25, 0.3) is 0 Å². The minimum Gasteiger partial charge on any atom is -0.486 e. The summed E-state index contributed by atoms with van der Waals surface area (Å²) in [6, 6.07) is 1.61. The third-order valence-electron chi connectivity index (χ3n) is 2.85. The Morgan fingerprint density at radius 1 is 1.47 bits per heavy atom. The van der Waals surface area contributed by atoms with Crippen molar-refractivity contribution in [2.24, 2.45) is 5.73 Å². The van der Waals surface area contributed by atoms with Gasteiger partial charge in [0.1, 0.15) is 19.0 Å². The number of fused-ring (bicyclic) bond motifs is 1. The van der Waals surface area contributed by atoms with E-state index in [-0.39, 0.29) is 11.7 Å². The molecule has 0 amide bonds. The first-order valence-electron chi connectivity index (χ1n) is 5.62. The summed E-state index contributed by atoms with van der Waals surface area (Å²) in [6.07, 6.45) is 0.711. The molecule has 17 heavy (non-hydrogen) atoms. The zero-order valence-corrected chi connectivity index (χ0v) is 11.2. The molecule has 1 aliphatic heterocycles. The molecule has 0 saturated heterocycles. The Labute approximate surface area is 108 Å². The van der Waals surface area contributed by atoms with Gasteiger partial charge in [0.05, 0.1) is 4.47 Å². The van der Waals surface area contributed by atoms with Gasteiger partial charge in [-0.2, -0.15) is 0 Å². The van der Waals surface area contributed by atoms with Crippen molar-refractivity contribution in [3.05, 3.63) is 21.9 Å². The predicted molar refractivity (Wildman–Crippen MR) is 67.2 cm³/mol. The topological polar surface area (TPSA) is 44.5 Å². The van der Waals surface area contributed by atoms with Crippen LogP contribution in [0.3, 0.4) is 0 Å².